The van der Waals surface area contributed by atoms with Crippen LogP contribution in [0.5, 0.6) is 0 Å². The molecule has 4 rings (SSSR count). The summed E-state index contributed by atoms with van der Waals surface area (Å²) in [5, 5.41) is 7.89. The van der Waals surface area contributed by atoms with Crippen molar-refractivity contribution in [2.75, 3.05) is 0 Å². The third-order valence-corrected chi connectivity index (χ3v) is 4.93. The van der Waals surface area contributed by atoms with E-state index in [1.54, 1.807) is 61.5 Å². The Morgan fingerprint density at radius 2 is 1.62 bits per heavy atom. The molecule has 1 atom stereocenters. The van der Waals surface area contributed by atoms with E-state index in [4.69, 9.17) is 0 Å². The number of carbonyl (C=O) groups is 3. The van der Waals surface area contributed by atoms with E-state index in [-0.39, 0.29) is 11.3 Å². The van der Waals surface area contributed by atoms with Crippen LogP contribution in [0.1, 0.15) is 23.0 Å². The van der Waals surface area contributed by atoms with Crippen LogP contribution >= 0.6 is 0 Å². The van der Waals surface area contributed by atoms with E-state index in [2.05, 4.69) is 15.8 Å². The van der Waals surface area contributed by atoms with Crippen LogP contribution in [0.25, 0.3) is 10.8 Å². The summed E-state index contributed by atoms with van der Waals surface area (Å²) in [7, 11) is 1.42. The lowest BCUT2D eigenvalue weighted by Gasteiger charge is -2.22. The third kappa shape index (κ3) is 2.83. The number of imide groups is 1. The van der Waals surface area contributed by atoms with Crippen LogP contribution in [-0.2, 0) is 17.4 Å². The molecule has 0 radical (unpaired) electrons. The highest BCUT2D eigenvalue weighted by Crippen LogP contribution is 2.27. The number of hydrogen-bond donors (Lipinski definition) is 2. The lowest BCUT2D eigenvalue weighted by atomic mass is 9.92. The number of hydrogen-bond acceptors (Lipinski definition) is 5. The largest absolute Gasteiger partial charge is 0.344 e. The molecule has 4 amide bonds. The van der Waals surface area contributed by atoms with E-state index in [0.717, 1.165) is 4.68 Å². The molecule has 0 bridgehead atoms. The first-order valence-corrected chi connectivity index (χ1v) is 8.82. The molecule has 1 aliphatic rings. The molecule has 9 nitrogen and oxygen atoms in total. The van der Waals surface area contributed by atoms with Gasteiger partial charge in [-0.15, -0.1) is 0 Å². The predicted molar refractivity (Wildman–Crippen MR) is 104 cm³/mol. The van der Waals surface area contributed by atoms with Gasteiger partial charge in [0.25, 0.3) is 17.4 Å². The van der Waals surface area contributed by atoms with Gasteiger partial charge in [0, 0.05) is 12.4 Å². The summed E-state index contributed by atoms with van der Waals surface area (Å²) in [6, 6.07) is 14.5. The summed E-state index contributed by atoms with van der Waals surface area (Å²) in [6.45, 7) is 1.56. The van der Waals surface area contributed by atoms with Gasteiger partial charge in [-0.25, -0.2) is 9.48 Å². The molecule has 2 heterocycles. The Hall–Kier alpha value is -4.01. The van der Waals surface area contributed by atoms with Gasteiger partial charge in [0.15, 0.2) is 5.69 Å². The van der Waals surface area contributed by atoms with Crippen LogP contribution in [0, 0.1) is 0 Å². The Morgan fingerprint density at radius 3 is 2.31 bits per heavy atom. The van der Waals surface area contributed by atoms with E-state index in [1.807, 2.05) is 0 Å². The number of aryl methyl sites for hydroxylation is 1. The zero-order valence-corrected chi connectivity index (χ0v) is 15.7. The fourth-order valence-electron chi connectivity index (χ4n) is 3.33. The molecule has 146 valence electrons. The van der Waals surface area contributed by atoms with Crippen molar-refractivity contribution in [2.24, 2.45) is 7.05 Å². The minimum absolute atomic E-state index is 0.0726. The van der Waals surface area contributed by atoms with Crippen molar-refractivity contribution in [3.8, 4) is 0 Å². The lowest BCUT2D eigenvalue weighted by Crippen LogP contribution is -2.48. The van der Waals surface area contributed by atoms with Gasteiger partial charge in [-0.2, -0.15) is 10.1 Å². The fourth-order valence-corrected chi connectivity index (χ4v) is 3.33. The maximum Gasteiger partial charge on any atom is 0.344 e. The summed E-state index contributed by atoms with van der Waals surface area (Å²) in [5.41, 5.74) is 1.15. The van der Waals surface area contributed by atoms with Crippen molar-refractivity contribution in [1.82, 2.24) is 25.5 Å². The summed E-state index contributed by atoms with van der Waals surface area (Å²) < 4.78 is 1.04. The molecule has 2 aromatic carbocycles. The molecule has 0 aliphatic carbocycles. The number of nitrogens with one attached hydrogen (secondary N) is 2. The highest BCUT2D eigenvalue weighted by molar-refractivity contribution is 6.11. The number of urea groups is 1. The molecule has 1 aromatic heterocycles. The number of benzene rings is 2. The second kappa shape index (κ2) is 6.55. The number of amides is 4. The molecule has 2 N–H and O–H groups in total. The van der Waals surface area contributed by atoms with Crippen molar-refractivity contribution in [1.29, 1.82) is 0 Å². The first kappa shape index (κ1) is 18.4. The summed E-state index contributed by atoms with van der Waals surface area (Å²) in [5.74, 6) is -1.41. The van der Waals surface area contributed by atoms with Crippen molar-refractivity contribution in [3.63, 3.8) is 0 Å². The SMILES string of the molecule is Cn1nc(C(=O)NN2C(=O)N[C@@](C)(c3ccccc3)C2=O)c2ccccc2c1=O. The second-order valence-electron chi connectivity index (χ2n) is 6.83. The number of aromatic nitrogens is 2. The lowest BCUT2D eigenvalue weighted by molar-refractivity contribution is -0.132. The first-order chi connectivity index (χ1) is 13.8. The van der Waals surface area contributed by atoms with Gasteiger partial charge in [0.2, 0.25) is 0 Å². The number of rotatable bonds is 3. The van der Waals surface area contributed by atoms with E-state index in [1.165, 1.54) is 7.05 Å². The predicted octanol–water partition coefficient (Wildman–Crippen LogP) is 1.05. The zero-order chi connectivity index (χ0) is 20.8. The molecule has 9 heteroatoms. The molecule has 1 fully saturated rings. The molecule has 3 aromatic rings. The minimum Gasteiger partial charge on any atom is -0.318 e. The van der Waals surface area contributed by atoms with Gasteiger partial charge in [-0.1, -0.05) is 48.5 Å². The molecular weight excluding hydrogens is 374 g/mol. The Kier molecular flexibility index (Phi) is 4.15. The van der Waals surface area contributed by atoms with Crippen LogP contribution in [-0.4, -0.2) is 32.6 Å². The quantitative estimate of drug-likeness (QED) is 0.648. The van der Waals surface area contributed by atoms with E-state index in [0.29, 0.717) is 21.3 Å². The second-order valence-corrected chi connectivity index (χ2v) is 6.83. The van der Waals surface area contributed by atoms with Crippen molar-refractivity contribution >= 4 is 28.6 Å². The normalized spacial score (nSPS) is 18.8. The Bertz CT molecular complexity index is 1220. The summed E-state index contributed by atoms with van der Waals surface area (Å²) >= 11 is 0. The average Bonchev–Trinajstić information content (AvgIpc) is 2.95. The molecule has 0 saturated carbocycles. The van der Waals surface area contributed by atoms with Gasteiger partial charge < -0.3 is 5.32 Å². The highest BCUT2D eigenvalue weighted by atomic mass is 16.2. The molecule has 1 aliphatic heterocycles. The van der Waals surface area contributed by atoms with Gasteiger partial charge in [-0.05, 0) is 18.6 Å². The standard InChI is InChI=1S/C20H17N5O4/c1-20(12-8-4-3-5-9-12)18(28)25(19(29)21-20)23-16(26)15-13-10-6-7-11-14(13)17(27)24(2)22-15/h3-11H,1-2H3,(H,21,29)(H,23,26)/t20-/m0/s1. The Balaban J connectivity index is 1.69. The summed E-state index contributed by atoms with van der Waals surface area (Å²) in [6.07, 6.45) is 0. The van der Waals surface area contributed by atoms with Gasteiger partial charge >= 0.3 is 6.03 Å². The van der Waals surface area contributed by atoms with Crippen LogP contribution in [0.3, 0.4) is 0 Å². The molecule has 0 spiro atoms. The fraction of sp³-hybridized carbons (Fsp3) is 0.150. The zero-order valence-electron chi connectivity index (χ0n) is 15.7. The van der Waals surface area contributed by atoms with E-state index < -0.39 is 23.4 Å². The maximum atomic E-state index is 12.9. The number of hydrazine groups is 1. The maximum absolute atomic E-state index is 12.9. The molecule has 1 saturated heterocycles. The molecule has 29 heavy (non-hydrogen) atoms. The first-order valence-electron chi connectivity index (χ1n) is 8.82. The monoisotopic (exact) mass is 391 g/mol. The smallest absolute Gasteiger partial charge is 0.318 e. The Labute approximate surface area is 164 Å². The number of fused-ring (bicyclic) bond motifs is 1. The van der Waals surface area contributed by atoms with Crippen molar-refractivity contribution in [3.05, 3.63) is 76.2 Å². The van der Waals surface area contributed by atoms with Crippen LogP contribution in [0.4, 0.5) is 4.79 Å². The molecule has 0 unspecified atom stereocenters. The highest BCUT2D eigenvalue weighted by Gasteiger charge is 2.50. The van der Waals surface area contributed by atoms with Crippen molar-refractivity contribution < 1.29 is 14.4 Å². The van der Waals surface area contributed by atoms with Gasteiger partial charge in [0.05, 0.1) is 5.39 Å². The minimum atomic E-state index is -1.31. The van der Waals surface area contributed by atoms with Crippen molar-refractivity contribution in [2.45, 2.75) is 12.5 Å². The number of carbonyl (C=O) groups excluding carboxylic acids is 3. The van der Waals surface area contributed by atoms with Gasteiger partial charge in [-0.3, -0.25) is 19.8 Å². The van der Waals surface area contributed by atoms with Gasteiger partial charge in [0.1, 0.15) is 5.54 Å². The van der Waals surface area contributed by atoms with Crippen LogP contribution in [0.15, 0.2) is 59.4 Å². The van der Waals surface area contributed by atoms with E-state index >= 15 is 0 Å². The average molecular weight is 391 g/mol. The Morgan fingerprint density at radius 1 is 1.00 bits per heavy atom. The third-order valence-electron chi connectivity index (χ3n) is 4.93. The van der Waals surface area contributed by atoms with Crippen LogP contribution < -0.4 is 16.3 Å². The molecular formula is C20H17N5O4. The summed E-state index contributed by atoms with van der Waals surface area (Å²) in [4.78, 5) is 50.5. The number of nitrogens with zero attached hydrogens (tertiary/aromatic N) is 3. The topological polar surface area (TPSA) is 113 Å². The van der Waals surface area contributed by atoms with Crippen LogP contribution in [0.2, 0.25) is 0 Å². The van der Waals surface area contributed by atoms with E-state index in [9.17, 15) is 19.2 Å².